The first-order chi connectivity index (χ1) is 11.0. The van der Waals surface area contributed by atoms with Crippen LogP contribution in [0.1, 0.15) is 39.0 Å². The van der Waals surface area contributed by atoms with Gasteiger partial charge >= 0.3 is 0 Å². The van der Waals surface area contributed by atoms with Crippen molar-refractivity contribution in [1.29, 1.82) is 0 Å². The number of nitrogens with one attached hydrogen (secondary N) is 1. The molecule has 1 atom stereocenters. The number of halogens is 1. The monoisotopic (exact) mass is 318 g/mol. The van der Waals surface area contributed by atoms with Crippen LogP contribution in [0.5, 0.6) is 0 Å². The maximum Gasteiger partial charge on any atom is 0.227 e. The van der Waals surface area contributed by atoms with Crippen molar-refractivity contribution in [3.63, 3.8) is 0 Å². The highest BCUT2D eigenvalue weighted by molar-refractivity contribution is 6.00. The number of carbonyl (C=O) groups excluding carboxylic acids is 2. The fraction of sp³-hybridized carbons (Fsp3) is 0.556. The minimum absolute atomic E-state index is 0.0725. The molecule has 3 rings (SSSR count). The van der Waals surface area contributed by atoms with E-state index in [1.165, 1.54) is 11.0 Å². The summed E-state index contributed by atoms with van der Waals surface area (Å²) in [5, 5.41) is 3.08. The molecule has 0 bridgehead atoms. The smallest absolute Gasteiger partial charge is 0.227 e. The minimum atomic E-state index is -0.428. The van der Waals surface area contributed by atoms with Gasteiger partial charge in [0, 0.05) is 19.0 Å². The van der Waals surface area contributed by atoms with E-state index in [1.807, 2.05) is 0 Å². The number of para-hydroxylation sites is 1. The van der Waals surface area contributed by atoms with E-state index in [0.717, 1.165) is 31.6 Å². The van der Waals surface area contributed by atoms with Crippen molar-refractivity contribution in [3.05, 3.63) is 30.1 Å². The van der Waals surface area contributed by atoms with Gasteiger partial charge in [-0.15, -0.1) is 0 Å². The Labute approximate surface area is 136 Å². The lowest BCUT2D eigenvalue weighted by Gasteiger charge is -2.27. The number of anilines is 1. The third kappa shape index (κ3) is 3.54. The number of rotatable bonds is 3. The lowest BCUT2D eigenvalue weighted by Crippen LogP contribution is -2.41. The third-order valence-electron chi connectivity index (χ3n) is 5.00. The summed E-state index contributed by atoms with van der Waals surface area (Å²) >= 11 is 0. The van der Waals surface area contributed by atoms with Crippen molar-refractivity contribution in [2.24, 2.45) is 11.8 Å². The Morgan fingerprint density at radius 2 is 1.91 bits per heavy atom. The normalized spacial score (nSPS) is 28.0. The summed E-state index contributed by atoms with van der Waals surface area (Å²) in [5.41, 5.74) is 0.263. The number of hydrogen-bond acceptors (Lipinski definition) is 2. The van der Waals surface area contributed by atoms with Crippen LogP contribution in [0.25, 0.3) is 0 Å². The van der Waals surface area contributed by atoms with Crippen molar-refractivity contribution >= 4 is 17.5 Å². The van der Waals surface area contributed by atoms with E-state index in [2.05, 4.69) is 12.2 Å². The molecule has 2 fully saturated rings. The highest BCUT2D eigenvalue weighted by Gasteiger charge is 2.36. The maximum absolute atomic E-state index is 13.9. The van der Waals surface area contributed by atoms with Crippen LogP contribution in [-0.2, 0) is 9.59 Å². The molecule has 0 spiro atoms. The quantitative estimate of drug-likeness (QED) is 0.931. The van der Waals surface area contributed by atoms with Gasteiger partial charge < -0.3 is 10.2 Å². The Morgan fingerprint density at radius 3 is 2.61 bits per heavy atom. The van der Waals surface area contributed by atoms with E-state index in [9.17, 15) is 14.0 Å². The van der Waals surface area contributed by atoms with Crippen LogP contribution in [0.3, 0.4) is 0 Å². The van der Waals surface area contributed by atoms with Gasteiger partial charge in [-0.25, -0.2) is 4.39 Å². The van der Waals surface area contributed by atoms with Crippen LogP contribution in [0.4, 0.5) is 10.1 Å². The number of nitrogens with zero attached hydrogens (tertiary/aromatic N) is 1. The van der Waals surface area contributed by atoms with Crippen LogP contribution in [0.15, 0.2) is 24.3 Å². The standard InChI is InChI=1S/C18H23FN2O2/c1-12-6-8-14(9-7-12)20-18(23)13-10-17(22)21(11-13)16-5-3-2-4-15(16)19/h2-5,12-14H,6-11H2,1H3,(H,20,23)/t12?,13-,14?/m0/s1. The second-order valence-corrected chi connectivity index (χ2v) is 6.82. The Hall–Kier alpha value is -1.91. The predicted octanol–water partition coefficient (Wildman–Crippen LogP) is 2.87. The SMILES string of the molecule is CC1CCC(NC(=O)[C@H]2CC(=O)N(c3ccccc3F)C2)CC1. The summed E-state index contributed by atoms with van der Waals surface area (Å²) in [6.07, 6.45) is 4.43. The summed E-state index contributed by atoms with van der Waals surface area (Å²) < 4.78 is 13.9. The lowest BCUT2D eigenvalue weighted by atomic mass is 9.87. The summed E-state index contributed by atoms with van der Waals surface area (Å²) in [6.45, 7) is 2.49. The van der Waals surface area contributed by atoms with Crippen LogP contribution >= 0.6 is 0 Å². The molecule has 124 valence electrons. The van der Waals surface area contributed by atoms with E-state index in [1.54, 1.807) is 18.2 Å². The largest absolute Gasteiger partial charge is 0.353 e. The van der Waals surface area contributed by atoms with Gasteiger partial charge in [-0.3, -0.25) is 9.59 Å². The van der Waals surface area contributed by atoms with Gasteiger partial charge in [-0.05, 0) is 43.7 Å². The van der Waals surface area contributed by atoms with E-state index >= 15 is 0 Å². The first-order valence-electron chi connectivity index (χ1n) is 8.40. The van der Waals surface area contributed by atoms with Crippen LogP contribution in [0, 0.1) is 17.7 Å². The molecule has 1 saturated carbocycles. The fourth-order valence-electron chi connectivity index (χ4n) is 3.51. The van der Waals surface area contributed by atoms with E-state index in [-0.39, 0.29) is 42.4 Å². The van der Waals surface area contributed by atoms with Gasteiger partial charge in [0.05, 0.1) is 11.6 Å². The Kier molecular flexibility index (Phi) is 4.64. The van der Waals surface area contributed by atoms with Gasteiger partial charge in [-0.1, -0.05) is 19.1 Å². The van der Waals surface area contributed by atoms with Crippen LogP contribution < -0.4 is 10.2 Å². The Bertz CT molecular complexity index is 596. The van der Waals surface area contributed by atoms with E-state index in [0.29, 0.717) is 0 Å². The number of benzene rings is 1. The van der Waals surface area contributed by atoms with Gasteiger partial charge in [0.25, 0.3) is 0 Å². The molecule has 23 heavy (non-hydrogen) atoms. The summed E-state index contributed by atoms with van der Waals surface area (Å²) in [6, 6.07) is 6.42. The summed E-state index contributed by atoms with van der Waals surface area (Å²) in [4.78, 5) is 26.0. The van der Waals surface area contributed by atoms with Crippen molar-refractivity contribution in [3.8, 4) is 0 Å². The fourth-order valence-corrected chi connectivity index (χ4v) is 3.51. The van der Waals surface area contributed by atoms with Crippen LogP contribution in [0.2, 0.25) is 0 Å². The molecule has 4 nitrogen and oxygen atoms in total. The molecule has 1 N–H and O–H groups in total. The predicted molar refractivity (Wildman–Crippen MR) is 86.4 cm³/mol. The molecule has 5 heteroatoms. The molecular weight excluding hydrogens is 295 g/mol. The molecule has 1 aromatic rings. The maximum atomic E-state index is 13.9. The summed E-state index contributed by atoms with van der Waals surface area (Å²) in [5.74, 6) is -0.346. The van der Waals surface area contributed by atoms with Crippen molar-refractivity contribution in [2.75, 3.05) is 11.4 Å². The van der Waals surface area contributed by atoms with Crippen molar-refractivity contribution in [1.82, 2.24) is 5.32 Å². The zero-order valence-corrected chi connectivity index (χ0v) is 13.4. The first kappa shape index (κ1) is 16.0. The van der Waals surface area contributed by atoms with Gasteiger partial charge in [0.1, 0.15) is 5.82 Å². The number of carbonyl (C=O) groups is 2. The number of amides is 2. The molecule has 0 aromatic heterocycles. The zero-order chi connectivity index (χ0) is 16.4. The molecule has 2 amide bonds. The highest BCUT2D eigenvalue weighted by atomic mass is 19.1. The molecule has 2 aliphatic rings. The van der Waals surface area contributed by atoms with Gasteiger partial charge in [0.2, 0.25) is 11.8 Å². The Balaban J connectivity index is 1.61. The summed E-state index contributed by atoms with van der Waals surface area (Å²) in [7, 11) is 0. The molecular formula is C18H23FN2O2. The zero-order valence-electron chi connectivity index (χ0n) is 13.4. The average molecular weight is 318 g/mol. The highest BCUT2D eigenvalue weighted by Crippen LogP contribution is 2.28. The van der Waals surface area contributed by atoms with Gasteiger partial charge in [-0.2, -0.15) is 0 Å². The molecule has 1 aliphatic heterocycles. The molecule has 1 heterocycles. The second kappa shape index (κ2) is 6.69. The second-order valence-electron chi connectivity index (χ2n) is 6.82. The van der Waals surface area contributed by atoms with E-state index < -0.39 is 5.82 Å². The van der Waals surface area contributed by atoms with E-state index in [4.69, 9.17) is 0 Å². The first-order valence-corrected chi connectivity index (χ1v) is 8.40. The van der Waals surface area contributed by atoms with Crippen molar-refractivity contribution in [2.45, 2.75) is 45.1 Å². The van der Waals surface area contributed by atoms with Crippen LogP contribution in [-0.4, -0.2) is 24.4 Å². The number of hydrogen-bond donors (Lipinski definition) is 1. The molecule has 0 unspecified atom stereocenters. The average Bonchev–Trinajstić information content (AvgIpc) is 2.92. The third-order valence-corrected chi connectivity index (χ3v) is 5.00. The Morgan fingerprint density at radius 1 is 1.22 bits per heavy atom. The lowest BCUT2D eigenvalue weighted by molar-refractivity contribution is -0.127. The minimum Gasteiger partial charge on any atom is -0.353 e. The molecule has 1 aliphatic carbocycles. The molecule has 1 saturated heterocycles. The molecule has 0 radical (unpaired) electrons. The topological polar surface area (TPSA) is 49.4 Å². The molecule has 1 aromatic carbocycles. The van der Waals surface area contributed by atoms with Crippen molar-refractivity contribution < 1.29 is 14.0 Å². The van der Waals surface area contributed by atoms with Gasteiger partial charge in [0.15, 0.2) is 0 Å².